The van der Waals surface area contributed by atoms with Crippen molar-refractivity contribution in [3.05, 3.63) is 54.0 Å². The molecule has 1 aliphatic rings. The van der Waals surface area contributed by atoms with Gasteiger partial charge in [-0.2, -0.15) is 0 Å². The number of hydrogen-bond donors (Lipinski definition) is 3. The average molecular weight is 355 g/mol. The molecule has 7 nitrogen and oxygen atoms in total. The number of anilines is 1. The summed E-state index contributed by atoms with van der Waals surface area (Å²) in [5.74, 6) is -0.0193. The molecule has 0 aliphatic carbocycles. The van der Waals surface area contributed by atoms with Gasteiger partial charge in [-0.3, -0.25) is 14.4 Å². The molecule has 2 aromatic rings. The highest BCUT2D eigenvalue weighted by molar-refractivity contribution is 6.09. The van der Waals surface area contributed by atoms with Gasteiger partial charge in [-0.05, 0) is 37.6 Å². The van der Waals surface area contributed by atoms with Gasteiger partial charge < -0.3 is 20.4 Å². The van der Waals surface area contributed by atoms with E-state index in [4.69, 9.17) is 4.42 Å². The van der Waals surface area contributed by atoms with Crippen molar-refractivity contribution < 1.29 is 18.8 Å². The predicted molar refractivity (Wildman–Crippen MR) is 95.6 cm³/mol. The highest BCUT2D eigenvalue weighted by Gasteiger charge is 2.27. The van der Waals surface area contributed by atoms with Gasteiger partial charge in [-0.25, -0.2) is 0 Å². The minimum absolute atomic E-state index is 0.0875. The third-order valence-electron chi connectivity index (χ3n) is 4.21. The smallest absolute Gasteiger partial charge is 0.254 e. The quantitative estimate of drug-likeness (QED) is 0.736. The third kappa shape index (κ3) is 4.30. The number of furan rings is 1. The Kier molecular flexibility index (Phi) is 5.36. The molecule has 7 heteroatoms. The summed E-state index contributed by atoms with van der Waals surface area (Å²) in [6.45, 7) is 1.89. The standard InChI is InChI=1S/C19H21N3O4/c1-12(11-13-5-4-10-26-13)20-17(23)9-8-16-19(25)21-15-7-3-2-6-14(15)18(24)22-16/h2-7,10,12,16H,8-9,11H2,1H3,(H,20,23)(H,21,25)(H,22,24). The van der Waals surface area contributed by atoms with Crippen molar-refractivity contribution in [1.29, 1.82) is 0 Å². The maximum Gasteiger partial charge on any atom is 0.254 e. The minimum atomic E-state index is -0.749. The summed E-state index contributed by atoms with van der Waals surface area (Å²) in [6, 6.07) is 9.63. The number of rotatable bonds is 6. The van der Waals surface area contributed by atoms with Crippen LogP contribution in [0.4, 0.5) is 5.69 Å². The fraction of sp³-hybridized carbons (Fsp3) is 0.316. The Bertz CT molecular complexity index is 801. The van der Waals surface area contributed by atoms with Crippen LogP contribution in [0.3, 0.4) is 0 Å². The second kappa shape index (κ2) is 7.86. The Balaban J connectivity index is 1.52. The van der Waals surface area contributed by atoms with E-state index >= 15 is 0 Å². The molecule has 0 saturated carbocycles. The van der Waals surface area contributed by atoms with Gasteiger partial charge in [0.15, 0.2) is 0 Å². The van der Waals surface area contributed by atoms with Crippen LogP contribution in [0.2, 0.25) is 0 Å². The van der Waals surface area contributed by atoms with Gasteiger partial charge in [0.1, 0.15) is 11.8 Å². The zero-order valence-electron chi connectivity index (χ0n) is 14.5. The summed E-state index contributed by atoms with van der Waals surface area (Å²) < 4.78 is 5.26. The molecule has 1 aromatic heterocycles. The summed E-state index contributed by atoms with van der Waals surface area (Å²) in [4.78, 5) is 36.7. The van der Waals surface area contributed by atoms with Crippen molar-refractivity contribution in [1.82, 2.24) is 10.6 Å². The van der Waals surface area contributed by atoms with Gasteiger partial charge in [0.25, 0.3) is 5.91 Å². The molecule has 0 bridgehead atoms. The van der Waals surface area contributed by atoms with Gasteiger partial charge in [0.05, 0.1) is 17.5 Å². The van der Waals surface area contributed by atoms with E-state index in [2.05, 4.69) is 16.0 Å². The lowest BCUT2D eigenvalue weighted by molar-refractivity contribution is -0.122. The molecule has 2 atom stereocenters. The predicted octanol–water partition coefficient (Wildman–Crippen LogP) is 1.86. The maximum absolute atomic E-state index is 12.3. The van der Waals surface area contributed by atoms with E-state index in [1.54, 1.807) is 36.6 Å². The van der Waals surface area contributed by atoms with Gasteiger partial charge in [-0.15, -0.1) is 0 Å². The van der Waals surface area contributed by atoms with Crippen molar-refractivity contribution in [2.24, 2.45) is 0 Å². The number of benzene rings is 1. The lowest BCUT2D eigenvalue weighted by Gasteiger charge is -2.16. The first-order valence-electron chi connectivity index (χ1n) is 8.55. The molecule has 1 aromatic carbocycles. The SMILES string of the molecule is CC(Cc1ccco1)NC(=O)CCC1NC(=O)c2ccccc2NC1=O. The maximum atomic E-state index is 12.3. The van der Waals surface area contributed by atoms with E-state index in [1.807, 2.05) is 13.0 Å². The van der Waals surface area contributed by atoms with E-state index in [1.165, 1.54) is 0 Å². The van der Waals surface area contributed by atoms with Crippen LogP contribution < -0.4 is 16.0 Å². The van der Waals surface area contributed by atoms with Crippen molar-refractivity contribution in [2.45, 2.75) is 38.3 Å². The highest BCUT2D eigenvalue weighted by Crippen LogP contribution is 2.19. The second-order valence-electron chi connectivity index (χ2n) is 6.35. The molecule has 0 radical (unpaired) electrons. The molecular weight excluding hydrogens is 334 g/mol. The van der Waals surface area contributed by atoms with Crippen LogP contribution in [-0.4, -0.2) is 29.8 Å². The van der Waals surface area contributed by atoms with Crippen molar-refractivity contribution >= 4 is 23.4 Å². The Hall–Kier alpha value is -3.09. The number of hydrogen-bond acceptors (Lipinski definition) is 4. The minimum Gasteiger partial charge on any atom is -0.469 e. The monoisotopic (exact) mass is 355 g/mol. The average Bonchev–Trinajstić information content (AvgIpc) is 3.07. The van der Waals surface area contributed by atoms with Crippen molar-refractivity contribution in [3.63, 3.8) is 0 Å². The molecule has 0 spiro atoms. The fourth-order valence-corrected chi connectivity index (χ4v) is 2.92. The molecular formula is C19H21N3O4. The van der Waals surface area contributed by atoms with Crippen LogP contribution >= 0.6 is 0 Å². The van der Waals surface area contributed by atoms with E-state index in [0.717, 1.165) is 5.76 Å². The molecule has 3 rings (SSSR count). The molecule has 2 heterocycles. The Morgan fingerprint density at radius 1 is 1.23 bits per heavy atom. The largest absolute Gasteiger partial charge is 0.469 e. The topological polar surface area (TPSA) is 100 Å². The third-order valence-corrected chi connectivity index (χ3v) is 4.21. The van der Waals surface area contributed by atoms with E-state index in [9.17, 15) is 14.4 Å². The first kappa shape index (κ1) is 17.7. The number of carbonyl (C=O) groups excluding carboxylic acids is 3. The number of nitrogens with one attached hydrogen (secondary N) is 3. The van der Waals surface area contributed by atoms with Gasteiger partial charge in [0.2, 0.25) is 11.8 Å². The van der Waals surface area contributed by atoms with Crippen LogP contribution in [0.15, 0.2) is 47.1 Å². The lowest BCUT2D eigenvalue weighted by Crippen LogP contribution is -2.42. The molecule has 1 aliphatic heterocycles. The Labute approximate surface area is 151 Å². The van der Waals surface area contributed by atoms with Gasteiger partial charge >= 0.3 is 0 Å². The molecule has 3 amide bonds. The summed E-state index contributed by atoms with van der Waals surface area (Å²) in [7, 11) is 0. The first-order chi connectivity index (χ1) is 12.5. The number of fused-ring (bicyclic) bond motifs is 1. The van der Waals surface area contributed by atoms with Crippen LogP contribution in [0.1, 0.15) is 35.9 Å². The highest BCUT2D eigenvalue weighted by atomic mass is 16.3. The normalized spacial score (nSPS) is 17.5. The second-order valence-corrected chi connectivity index (χ2v) is 6.35. The molecule has 0 saturated heterocycles. The molecule has 3 N–H and O–H groups in total. The van der Waals surface area contributed by atoms with E-state index in [-0.39, 0.29) is 36.6 Å². The summed E-state index contributed by atoms with van der Waals surface area (Å²) >= 11 is 0. The summed E-state index contributed by atoms with van der Waals surface area (Å²) in [5, 5.41) is 8.29. The van der Waals surface area contributed by atoms with Gasteiger partial charge in [-0.1, -0.05) is 12.1 Å². The molecule has 26 heavy (non-hydrogen) atoms. The van der Waals surface area contributed by atoms with Crippen LogP contribution in [0.5, 0.6) is 0 Å². The lowest BCUT2D eigenvalue weighted by atomic mass is 10.1. The van der Waals surface area contributed by atoms with Crippen molar-refractivity contribution in [2.75, 3.05) is 5.32 Å². The molecule has 136 valence electrons. The first-order valence-corrected chi connectivity index (χ1v) is 8.55. The Morgan fingerprint density at radius 2 is 2.04 bits per heavy atom. The molecule has 2 unspecified atom stereocenters. The summed E-state index contributed by atoms with van der Waals surface area (Å²) in [5.41, 5.74) is 0.897. The summed E-state index contributed by atoms with van der Waals surface area (Å²) in [6.07, 6.45) is 2.55. The zero-order chi connectivity index (χ0) is 18.5. The van der Waals surface area contributed by atoms with E-state index in [0.29, 0.717) is 17.7 Å². The number of para-hydroxylation sites is 1. The van der Waals surface area contributed by atoms with Crippen molar-refractivity contribution in [3.8, 4) is 0 Å². The molecule has 0 fully saturated rings. The van der Waals surface area contributed by atoms with Crippen LogP contribution in [-0.2, 0) is 16.0 Å². The van der Waals surface area contributed by atoms with E-state index < -0.39 is 6.04 Å². The van der Waals surface area contributed by atoms with Crippen LogP contribution in [0, 0.1) is 0 Å². The zero-order valence-corrected chi connectivity index (χ0v) is 14.5. The number of amides is 3. The fourth-order valence-electron chi connectivity index (χ4n) is 2.92. The number of carbonyl (C=O) groups is 3. The van der Waals surface area contributed by atoms with Gasteiger partial charge in [0, 0.05) is 18.9 Å². The Morgan fingerprint density at radius 3 is 2.81 bits per heavy atom. The van der Waals surface area contributed by atoms with Crippen LogP contribution in [0.25, 0.3) is 0 Å².